The van der Waals surface area contributed by atoms with Crippen LogP contribution < -0.4 is 0 Å². The second-order valence-corrected chi connectivity index (χ2v) is 3.96. The minimum absolute atomic E-state index is 0.691. The van der Waals surface area contributed by atoms with Crippen LogP contribution in [0.3, 0.4) is 0 Å². The van der Waals surface area contributed by atoms with Gasteiger partial charge < -0.3 is 9.64 Å². The number of hydrogen-bond donors (Lipinski definition) is 0. The highest BCUT2D eigenvalue weighted by Gasteiger charge is 2.08. The first kappa shape index (κ1) is 10.2. The highest BCUT2D eigenvalue weighted by Crippen LogP contribution is 2.13. The number of rotatable bonds is 3. The predicted octanol–water partition coefficient (Wildman–Crippen LogP) is 2.42. The number of ether oxygens (including phenoxy) is 1. The van der Waals surface area contributed by atoms with Crippen molar-refractivity contribution in [1.82, 2.24) is 4.90 Å². The zero-order valence-corrected chi connectivity index (χ0v) is 9.15. The number of likely N-dealkylation sites (N-methyl/N-ethyl adjacent to an activating group) is 1. The van der Waals surface area contributed by atoms with Gasteiger partial charge in [-0.05, 0) is 18.7 Å². The van der Waals surface area contributed by atoms with Crippen molar-refractivity contribution in [2.24, 2.45) is 0 Å². The minimum Gasteiger partial charge on any atom is -0.493 e. The van der Waals surface area contributed by atoms with Crippen LogP contribution in [0.1, 0.15) is 12.0 Å². The van der Waals surface area contributed by atoms with E-state index in [0.29, 0.717) is 6.61 Å². The molecule has 0 aromatic heterocycles. The molecule has 15 heavy (non-hydrogen) atoms. The molecule has 1 aliphatic rings. The molecule has 2 heteroatoms. The van der Waals surface area contributed by atoms with Gasteiger partial charge in [-0.2, -0.15) is 0 Å². The summed E-state index contributed by atoms with van der Waals surface area (Å²) in [7, 11) is 2.13. The van der Waals surface area contributed by atoms with Crippen LogP contribution in [0.4, 0.5) is 0 Å². The fraction of sp³-hybridized carbons (Fsp3) is 0.385. The van der Waals surface area contributed by atoms with E-state index in [9.17, 15) is 0 Å². The van der Waals surface area contributed by atoms with Crippen LogP contribution in [0.15, 0.2) is 42.2 Å². The van der Waals surface area contributed by atoms with E-state index in [-0.39, 0.29) is 0 Å². The first-order valence-corrected chi connectivity index (χ1v) is 5.39. The van der Waals surface area contributed by atoms with Crippen LogP contribution in [-0.2, 0) is 11.3 Å². The van der Waals surface area contributed by atoms with Crippen molar-refractivity contribution in [2.45, 2.75) is 13.0 Å². The molecule has 0 fully saturated rings. The van der Waals surface area contributed by atoms with Gasteiger partial charge in [0.2, 0.25) is 0 Å². The maximum absolute atomic E-state index is 5.75. The van der Waals surface area contributed by atoms with Crippen LogP contribution in [0.5, 0.6) is 0 Å². The van der Waals surface area contributed by atoms with Gasteiger partial charge in [0.25, 0.3) is 0 Å². The Morgan fingerprint density at radius 1 is 1.27 bits per heavy atom. The molecule has 0 bridgehead atoms. The lowest BCUT2D eigenvalue weighted by Crippen LogP contribution is -2.24. The summed E-state index contributed by atoms with van der Waals surface area (Å²) in [6.45, 7) is 2.79. The Morgan fingerprint density at radius 2 is 2.07 bits per heavy atom. The Labute approximate surface area is 91.2 Å². The second-order valence-electron chi connectivity index (χ2n) is 3.96. The molecule has 2 nitrogen and oxygen atoms in total. The van der Waals surface area contributed by atoms with Crippen molar-refractivity contribution >= 4 is 0 Å². The summed E-state index contributed by atoms with van der Waals surface area (Å²) < 4.78 is 5.75. The highest BCUT2D eigenvalue weighted by molar-refractivity contribution is 5.14. The molecule has 0 amide bonds. The number of nitrogens with zero attached hydrogens (tertiary/aromatic N) is 1. The van der Waals surface area contributed by atoms with E-state index in [4.69, 9.17) is 4.74 Å². The van der Waals surface area contributed by atoms with Crippen LogP contribution in [0.2, 0.25) is 0 Å². The van der Waals surface area contributed by atoms with Crippen molar-refractivity contribution in [3.05, 3.63) is 47.7 Å². The van der Waals surface area contributed by atoms with Gasteiger partial charge in [0, 0.05) is 19.5 Å². The Kier molecular flexibility index (Phi) is 3.41. The largest absolute Gasteiger partial charge is 0.493 e. The molecule has 80 valence electrons. The van der Waals surface area contributed by atoms with Gasteiger partial charge in [0.15, 0.2) is 0 Å². The highest BCUT2D eigenvalue weighted by atomic mass is 16.5. The normalized spacial score (nSPS) is 17.3. The SMILES string of the molecule is CN1CC=C(OCc2ccccc2)CC1. The van der Waals surface area contributed by atoms with Gasteiger partial charge in [-0.1, -0.05) is 30.3 Å². The molecule has 0 atom stereocenters. The van der Waals surface area contributed by atoms with Gasteiger partial charge in [0.05, 0.1) is 5.76 Å². The van der Waals surface area contributed by atoms with E-state index < -0.39 is 0 Å². The van der Waals surface area contributed by atoms with E-state index in [2.05, 4.69) is 30.2 Å². The van der Waals surface area contributed by atoms with E-state index in [1.165, 1.54) is 5.56 Å². The quantitative estimate of drug-likeness (QED) is 0.748. The van der Waals surface area contributed by atoms with Gasteiger partial charge in [-0.25, -0.2) is 0 Å². The first-order valence-electron chi connectivity index (χ1n) is 5.39. The third-order valence-corrected chi connectivity index (χ3v) is 2.64. The minimum atomic E-state index is 0.691. The zero-order chi connectivity index (χ0) is 10.5. The second kappa shape index (κ2) is 4.99. The molecular formula is C13H17NO. The fourth-order valence-corrected chi connectivity index (χ4v) is 1.63. The molecule has 0 unspecified atom stereocenters. The summed E-state index contributed by atoms with van der Waals surface area (Å²) in [5, 5.41) is 0. The molecule has 1 aromatic rings. The Bertz CT molecular complexity index is 332. The fourth-order valence-electron chi connectivity index (χ4n) is 1.63. The van der Waals surface area contributed by atoms with Gasteiger partial charge in [0.1, 0.15) is 6.61 Å². The molecule has 0 spiro atoms. The third kappa shape index (κ3) is 3.10. The van der Waals surface area contributed by atoms with Crippen molar-refractivity contribution in [3.63, 3.8) is 0 Å². The van der Waals surface area contributed by atoms with Crippen molar-refractivity contribution in [2.75, 3.05) is 20.1 Å². The molecule has 0 saturated heterocycles. The zero-order valence-electron chi connectivity index (χ0n) is 9.15. The molecular weight excluding hydrogens is 186 g/mol. The lowest BCUT2D eigenvalue weighted by atomic mass is 10.2. The molecule has 1 aromatic carbocycles. The van der Waals surface area contributed by atoms with Crippen molar-refractivity contribution in [3.8, 4) is 0 Å². The molecule has 0 saturated carbocycles. The third-order valence-electron chi connectivity index (χ3n) is 2.64. The average molecular weight is 203 g/mol. The average Bonchev–Trinajstić information content (AvgIpc) is 2.30. The van der Waals surface area contributed by atoms with Crippen LogP contribution in [0.25, 0.3) is 0 Å². The Hall–Kier alpha value is -1.28. The van der Waals surface area contributed by atoms with Crippen molar-refractivity contribution < 1.29 is 4.74 Å². The Balaban J connectivity index is 1.84. The van der Waals surface area contributed by atoms with Crippen LogP contribution >= 0.6 is 0 Å². The number of hydrogen-bond acceptors (Lipinski definition) is 2. The van der Waals surface area contributed by atoms with Gasteiger partial charge >= 0.3 is 0 Å². The molecule has 0 N–H and O–H groups in total. The molecule has 0 aliphatic carbocycles. The molecule has 0 radical (unpaired) electrons. The topological polar surface area (TPSA) is 12.5 Å². The summed E-state index contributed by atoms with van der Waals surface area (Å²) in [5.41, 5.74) is 1.23. The van der Waals surface area contributed by atoms with Gasteiger partial charge in [-0.3, -0.25) is 0 Å². The lowest BCUT2D eigenvalue weighted by molar-refractivity contribution is 0.169. The van der Waals surface area contributed by atoms with Gasteiger partial charge in [-0.15, -0.1) is 0 Å². The van der Waals surface area contributed by atoms with E-state index in [0.717, 1.165) is 25.3 Å². The smallest absolute Gasteiger partial charge is 0.113 e. The summed E-state index contributed by atoms with van der Waals surface area (Å²) in [5.74, 6) is 1.14. The van der Waals surface area contributed by atoms with Crippen LogP contribution in [-0.4, -0.2) is 25.0 Å². The van der Waals surface area contributed by atoms with Crippen molar-refractivity contribution in [1.29, 1.82) is 0 Å². The summed E-state index contributed by atoms with van der Waals surface area (Å²) in [6, 6.07) is 10.3. The maximum atomic E-state index is 5.75. The maximum Gasteiger partial charge on any atom is 0.113 e. The monoisotopic (exact) mass is 203 g/mol. The van der Waals surface area contributed by atoms with E-state index in [1.54, 1.807) is 0 Å². The lowest BCUT2D eigenvalue weighted by Gasteiger charge is -2.22. The number of benzene rings is 1. The predicted molar refractivity (Wildman–Crippen MR) is 61.4 cm³/mol. The molecule has 1 heterocycles. The summed E-state index contributed by atoms with van der Waals surface area (Å²) in [4.78, 5) is 2.29. The molecule has 1 aliphatic heterocycles. The first-order chi connectivity index (χ1) is 7.34. The summed E-state index contributed by atoms with van der Waals surface area (Å²) >= 11 is 0. The Morgan fingerprint density at radius 3 is 2.73 bits per heavy atom. The van der Waals surface area contributed by atoms with Crippen LogP contribution in [0, 0.1) is 0 Å². The summed E-state index contributed by atoms with van der Waals surface area (Å²) in [6.07, 6.45) is 3.20. The van der Waals surface area contributed by atoms with E-state index in [1.807, 2.05) is 18.2 Å². The van der Waals surface area contributed by atoms with E-state index >= 15 is 0 Å². The molecule has 2 rings (SSSR count). The standard InChI is InChI=1S/C13H17NO/c1-14-9-7-13(8-10-14)15-11-12-5-3-2-4-6-12/h2-7H,8-11H2,1H3.